The van der Waals surface area contributed by atoms with E-state index in [-0.39, 0.29) is 12.3 Å². The molecule has 0 bridgehead atoms. The molecule has 0 radical (unpaired) electrons. The zero-order chi connectivity index (χ0) is 23.1. The van der Waals surface area contributed by atoms with Crippen molar-refractivity contribution in [2.45, 2.75) is 51.5 Å². The maximum Gasteiger partial charge on any atom is 0.323 e. The van der Waals surface area contributed by atoms with Crippen molar-refractivity contribution in [1.29, 1.82) is 0 Å². The van der Waals surface area contributed by atoms with E-state index < -0.39 is 27.9 Å². The predicted octanol–water partition coefficient (Wildman–Crippen LogP) is 2.33. The average Bonchev–Trinajstić information content (AvgIpc) is 3.33. The zero-order valence-corrected chi connectivity index (χ0v) is 19.8. The first-order valence-corrected chi connectivity index (χ1v) is 13.5. The highest BCUT2D eigenvalue weighted by Crippen LogP contribution is 2.30. The first kappa shape index (κ1) is 24.7. The molecule has 3 heterocycles. The second-order valence-electron chi connectivity index (χ2n) is 8.19. The van der Waals surface area contributed by atoms with Gasteiger partial charge in [0.15, 0.2) is 4.90 Å². The van der Waals surface area contributed by atoms with Crippen LogP contribution in [-0.4, -0.2) is 56.8 Å². The highest BCUT2D eigenvalue weighted by molar-refractivity contribution is 7.89. The Balaban J connectivity index is 1.54. The fourth-order valence-corrected chi connectivity index (χ4v) is 6.05. The van der Waals surface area contributed by atoms with E-state index in [2.05, 4.69) is 15.4 Å². The number of unbranched alkanes of at least 4 members (excludes halogenated alkanes) is 1. The highest BCUT2D eigenvalue weighted by Gasteiger charge is 2.25. The van der Waals surface area contributed by atoms with Crippen molar-refractivity contribution in [1.82, 2.24) is 15.4 Å². The van der Waals surface area contributed by atoms with Crippen LogP contribution in [0.5, 0.6) is 0 Å². The van der Waals surface area contributed by atoms with E-state index in [1.54, 1.807) is 6.07 Å². The second-order valence-corrected chi connectivity index (χ2v) is 11.1. The maximum atomic E-state index is 12.5. The Morgan fingerprint density at radius 3 is 2.72 bits per heavy atom. The summed E-state index contributed by atoms with van der Waals surface area (Å²) in [6, 6.07) is 2.24. The molecule has 1 aliphatic rings. The lowest BCUT2D eigenvalue weighted by Crippen LogP contribution is -2.48. The van der Waals surface area contributed by atoms with Gasteiger partial charge in [0.1, 0.15) is 11.8 Å². The van der Waals surface area contributed by atoms with Crippen LogP contribution in [0.3, 0.4) is 0 Å². The molecule has 1 amide bonds. The number of hydrogen-bond acceptors (Lipinski definition) is 7. The number of furan rings is 1. The smallest absolute Gasteiger partial charge is 0.323 e. The van der Waals surface area contributed by atoms with Crippen molar-refractivity contribution in [2.75, 3.05) is 25.4 Å². The molecule has 1 atom stereocenters. The minimum Gasteiger partial charge on any atom is -0.480 e. The molecule has 11 heteroatoms. The van der Waals surface area contributed by atoms with E-state index in [9.17, 15) is 23.1 Å². The molecule has 2 aromatic heterocycles. The molecule has 0 spiro atoms. The van der Waals surface area contributed by atoms with Crippen LogP contribution >= 0.6 is 11.3 Å². The van der Waals surface area contributed by atoms with Gasteiger partial charge in [-0.3, -0.25) is 9.59 Å². The number of carbonyl (C=O) groups is 2. The number of amides is 1. The van der Waals surface area contributed by atoms with E-state index in [0.717, 1.165) is 37.1 Å². The highest BCUT2D eigenvalue weighted by atomic mass is 32.2. The molecule has 32 heavy (non-hydrogen) atoms. The Bertz CT molecular complexity index is 992. The number of aliphatic carboxylic acids is 1. The first-order valence-electron chi connectivity index (χ1n) is 11.0. The standard InChI is InChI=1S/C21H31N3O6S2/c1-2-3-10-32(28,29)24-17(20(26)27)13-23-19(25)18-12-15-11-16(30-21(15)31-18)5-4-14-6-8-22-9-7-14/h11-12,14,17,22,24H,2-10,13H2,1H3,(H,23,25)(H,26,27)/t17-/m0/s1. The predicted molar refractivity (Wildman–Crippen MR) is 124 cm³/mol. The molecule has 0 aromatic carbocycles. The van der Waals surface area contributed by atoms with Crippen LogP contribution in [0.15, 0.2) is 16.5 Å². The molecule has 178 valence electrons. The monoisotopic (exact) mass is 485 g/mol. The van der Waals surface area contributed by atoms with Gasteiger partial charge in [-0.15, -0.1) is 0 Å². The summed E-state index contributed by atoms with van der Waals surface area (Å²) in [5.74, 6) is -0.338. The summed E-state index contributed by atoms with van der Waals surface area (Å²) in [5.41, 5.74) is 0. The van der Waals surface area contributed by atoms with Crippen LogP contribution in [0.1, 0.15) is 54.5 Å². The molecule has 0 unspecified atom stereocenters. The topological polar surface area (TPSA) is 138 Å². The van der Waals surface area contributed by atoms with Crippen molar-refractivity contribution in [3.8, 4) is 0 Å². The summed E-state index contributed by atoms with van der Waals surface area (Å²) in [6.45, 7) is 3.64. The van der Waals surface area contributed by atoms with Crippen molar-refractivity contribution < 1.29 is 27.5 Å². The molecule has 3 rings (SSSR count). The molecule has 1 fully saturated rings. The number of aryl methyl sites for hydroxylation is 1. The third-order valence-electron chi connectivity index (χ3n) is 5.60. The minimum absolute atomic E-state index is 0.150. The van der Waals surface area contributed by atoms with Gasteiger partial charge in [0.2, 0.25) is 10.0 Å². The van der Waals surface area contributed by atoms with Gasteiger partial charge in [0, 0.05) is 18.4 Å². The third-order valence-corrected chi connectivity index (χ3v) is 8.10. The van der Waals surface area contributed by atoms with E-state index in [0.29, 0.717) is 28.5 Å². The molecular weight excluding hydrogens is 454 g/mol. The van der Waals surface area contributed by atoms with Gasteiger partial charge in [-0.25, -0.2) is 8.42 Å². The third kappa shape index (κ3) is 7.03. The number of hydrogen-bond donors (Lipinski definition) is 4. The number of carboxylic acid groups (broad SMARTS) is 1. The number of carbonyl (C=O) groups excluding carboxylic acids is 1. The minimum atomic E-state index is -3.73. The number of fused-ring (bicyclic) bond motifs is 1. The Hall–Kier alpha value is -1.95. The van der Waals surface area contributed by atoms with Crippen molar-refractivity contribution in [3.63, 3.8) is 0 Å². The molecular formula is C21H31N3O6S2. The zero-order valence-electron chi connectivity index (χ0n) is 18.2. The molecule has 0 saturated carbocycles. The number of nitrogens with one attached hydrogen (secondary N) is 3. The summed E-state index contributed by atoms with van der Waals surface area (Å²) < 4.78 is 32.0. The van der Waals surface area contributed by atoms with Crippen LogP contribution in [0.2, 0.25) is 0 Å². The van der Waals surface area contributed by atoms with Gasteiger partial charge in [0.25, 0.3) is 5.91 Å². The lowest BCUT2D eigenvalue weighted by Gasteiger charge is -2.21. The number of piperidine rings is 1. The fraction of sp³-hybridized carbons (Fsp3) is 0.619. The summed E-state index contributed by atoms with van der Waals surface area (Å²) in [4.78, 5) is 24.9. The van der Waals surface area contributed by atoms with Gasteiger partial charge in [-0.1, -0.05) is 24.7 Å². The van der Waals surface area contributed by atoms with Crippen molar-refractivity contribution >= 4 is 43.5 Å². The van der Waals surface area contributed by atoms with E-state index in [4.69, 9.17) is 4.42 Å². The lowest BCUT2D eigenvalue weighted by molar-refractivity contribution is -0.138. The normalized spacial score (nSPS) is 16.3. The van der Waals surface area contributed by atoms with Crippen molar-refractivity contribution in [2.24, 2.45) is 5.92 Å². The van der Waals surface area contributed by atoms with Crippen molar-refractivity contribution in [3.05, 3.63) is 22.8 Å². The van der Waals surface area contributed by atoms with Gasteiger partial charge in [0.05, 0.1) is 10.6 Å². The van der Waals surface area contributed by atoms with Gasteiger partial charge in [-0.2, -0.15) is 4.72 Å². The van der Waals surface area contributed by atoms with Crippen LogP contribution in [0, 0.1) is 5.92 Å². The molecule has 1 saturated heterocycles. The quantitative estimate of drug-likeness (QED) is 0.362. The largest absolute Gasteiger partial charge is 0.480 e. The molecule has 4 N–H and O–H groups in total. The van der Waals surface area contributed by atoms with E-state index in [1.165, 1.54) is 24.2 Å². The number of thiophene rings is 1. The SMILES string of the molecule is CCCCS(=O)(=O)N[C@@H](CNC(=O)c1cc2cc(CCC3CCNCC3)oc2s1)C(=O)O. The lowest BCUT2D eigenvalue weighted by atomic mass is 9.93. The van der Waals surface area contributed by atoms with Crippen LogP contribution in [0.4, 0.5) is 0 Å². The second kappa shape index (κ2) is 11.3. The van der Waals surface area contributed by atoms with Gasteiger partial charge >= 0.3 is 5.97 Å². The van der Waals surface area contributed by atoms with Crippen LogP contribution in [0.25, 0.3) is 10.3 Å². The number of carboxylic acids is 1. The average molecular weight is 486 g/mol. The van der Waals surface area contributed by atoms with Crippen LogP contribution < -0.4 is 15.4 Å². The summed E-state index contributed by atoms with van der Waals surface area (Å²) in [7, 11) is -3.73. The summed E-state index contributed by atoms with van der Waals surface area (Å²) >= 11 is 1.20. The number of sulfonamides is 1. The van der Waals surface area contributed by atoms with Gasteiger partial charge in [-0.05, 0) is 56.8 Å². The maximum absolute atomic E-state index is 12.5. The van der Waals surface area contributed by atoms with Gasteiger partial charge < -0.3 is 20.2 Å². The Kier molecular flexibility index (Phi) is 8.69. The summed E-state index contributed by atoms with van der Waals surface area (Å²) in [6.07, 6.45) is 5.43. The van der Waals surface area contributed by atoms with E-state index >= 15 is 0 Å². The molecule has 9 nitrogen and oxygen atoms in total. The Morgan fingerprint density at radius 2 is 2.06 bits per heavy atom. The number of rotatable bonds is 12. The fourth-order valence-electron chi connectivity index (χ4n) is 3.71. The Morgan fingerprint density at radius 1 is 1.31 bits per heavy atom. The Labute approximate surface area is 192 Å². The molecule has 0 aliphatic carbocycles. The molecule has 1 aliphatic heterocycles. The van der Waals surface area contributed by atoms with Crippen LogP contribution in [-0.2, 0) is 21.2 Å². The summed E-state index contributed by atoms with van der Waals surface area (Å²) in [5, 5.41) is 16.0. The first-order chi connectivity index (χ1) is 15.3. The van der Waals surface area contributed by atoms with E-state index in [1.807, 2.05) is 13.0 Å². The molecule has 2 aromatic rings.